The van der Waals surface area contributed by atoms with Gasteiger partial charge < -0.3 is 10.2 Å². The molecular weight excluding hydrogens is 294 g/mol. The summed E-state index contributed by atoms with van der Waals surface area (Å²) in [6.07, 6.45) is 3.68. The van der Waals surface area contributed by atoms with Crippen LogP contribution in [0, 0.1) is 11.8 Å². The first-order valence-corrected chi connectivity index (χ1v) is 9.39. The minimum atomic E-state index is 0.104. The van der Waals surface area contributed by atoms with Crippen molar-refractivity contribution in [1.29, 1.82) is 0 Å². The van der Waals surface area contributed by atoms with Gasteiger partial charge in [-0.1, -0.05) is 20.8 Å². The summed E-state index contributed by atoms with van der Waals surface area (Å²) in [4.78, 5) is 18.9. The van der Waals surface area contributed by atoms with Crippen molar-refractivity contribution in [2.24, 2.45) is 11.8 Å². The molecule has 4 nitrogen and oxygen atoms in total. The average molecular weight is 321 g/mol. The number of hydrogen-bond acceptors (Lipinski definition) is 4. The first-order valence-electron chi connectivity index (χ1n) is 8.51. The normalized spacial score (nSPS) is 25.7. The third kappa shape index (κ3) is 3.69. The summed E-state index contributed by atoms with van der Waals surface area (Å²) >= 11 is 1.81. The fraction of sp³-hybridized carbons (Fsp3) is 0.765. The number of amides is 1. The average Bonchev–Trinajstić information content (AvgIpc) is 3.24. The summed E-state index contributed by atoms with van der Waals surface area (Å²) in [5.74, 6) is 1.65. The number of rotatable bonds is 5. The van der Waals surface area contributed by atoms with E-state index in [1.54, 1.807) is 0 Å². The van der Waals surface area contributed by atoms with E-state index in [4.69, 9.17) is 4.98 Å². The Labute approximate surface area is 137 Å². The molecule has 1 aromatic heterocycles. The molecule has 0 unspecified atom stereocenters. The molecule has 5 heteroatoms. The second kappa shape index (κ2) is 6.67. The molecule has 2 heterocycles. The Morgan fingerprint density at radius 3 is 2.86 bits per heavy atom. The quantitative estimate of drug-likeness (QED) is 0.907. The van der Waals surface area contributed by atoms with Gasteiger partial charge in [-0.3, -0.25) is 4.79 Å². The van der Waals surface area contributed by atoms with Crippen molar-refractivity contribution in [3.8, 4) is 0 Å². The van der Waals surface area contributed by atoms with E-state index in [0.717, 1.165) is 32.0 Å². The van der Waals surface area contributed by atoms with Crippen LogP contribution in [0.1, 0.15) is 56.7 Å². The molecule has 1 N–H and O–H groups in total. The van der Waals surface area contributed by atoms with Gasteiger partial charge in [0.1, 0.15) is 0 Å². The third-order valence-electron chi connectivity index (χ3n) is 4.75. The molecule has 2 atom stereocenters. The molecule has 2 aliphatic rings. The molecule has 1 aromatic rings. The van der Waals surface area contributed by atoms with Crippen molar-refractivity contribution < 1.29 is 4.79 Å². The number of thiazole rings is 1. The van der Waals surface area contributed by atoms with Crippen LogP contribution in [0.4, 0.5) is 0 Å². The van der Waals surface area contributed by atoms with Gasteiger partial charge in [-0.2, -0.15) is 0 Å². The van der Waals surface area contributed by atoms with Crippen LogP contribution in [0.3, 0.4) is 0 Å². The van der Waals surface area contributed by atoms with Crippen molar-refractivity contribution >= 4 is 17.2 Å². The number of carbonyl (C=O) groups is 1. The molecule has 1 saturated heterocycles. The summed E-state index contributed by atoms with van der Waals surface area (Å²) in [6, 6.07) is 0.488. The molecule has 122 valence electrons. The Hall–Kier alpha value is -0.940. The minimum Gasteiger partial charge on any atom is -0.342 e. The molecule has 3 rings (SSSR count). The second-order valence-corrected chi connectivity index (χ2v) is 8.03. The monoisotopic (exact) mass is 321 g/mol. The molecule has 22 heavy (non-hydrogen) atoms. The van der Waals surface area contributed by atoms with Crippen molar-refractivity contribution in [2.45, 2.75) is 58.5 Å². The highest BCUT2D eigenvalue weighted by Crippen LogP contribution is 2.41. The number of likely N-dealkylation sites (tertiary alicyclic amines) is 1. The Bertz CT molecular complexity index is 524. The van der Waals surface area contributed by atoms with Gasteiger partial charge in [0.15, 0.2) is 0 Å². The Balaban J connectivity index is 1.48. The molecule has 1 saturated carbocycles. The molecule has 0 bridgehead atoms. The maximum atomic E-state index is 12.1. The zero-order valence-electron chi connectivity index (χ0n) is 13.8. The summed E-state index contributed by atoms with van der Waals surface area (Å²) in [7, 11) is 0. The van der Waals surface area contributed by atoms with Gasteiger partial charge in [-0.05, 0) is 25.2 Å². The standard InChI is InChI=1S/C17H27N3OS/c1-11(2)17(21)20-7-6-15(12(3)9-20)18-8-14-10-22-16(19-14)13-4-5-13/h10-13,15,18H,4-9H2,1-3H3/t12-,15-/m1/s1. The number of piperidine rings is 1. The lowest BCUT2D eigenvalue weighted by Crippen LogP contribution is -2.50. The lowest BCUT2D eigenvalue weighted by Gasteiger charge is -2.38. The zero-order chi connectivity index (χ0) is 15.7. The first-order chi connectivity index (χ1) is 10.5. The van der Waals surface area contributed by atoms with Gasteiger partial charge in [0.25, 0.3) is 0 Å². The van der Waals surface area contributed by atoms with Gasteiger partial charge in [-0.25, -0.2) is 4.98 Å². The summed E-state index contributed by atoms with van der Waals surface area (Å²) in [5, 5.41) is 7.17. The molecule has 1 aliphatic carbocycles. The highest BCUT2D eigenvalue weighted by molar-refractivity contribution is 7.09. The predicted octanol–water partition coefficient (Wildman–Crippen LogP) is 3.00. The second-order valence-electron chi connectivity index (χ2n) is 7.14. The van der Waals surface area contributed by atoms with Crippen LogP contribution in [0.25, 0.3) is 0 Å². The molecule has 1 aliphatic heterocycles. The molecule has 1 amide bonds. The highest BCUT2D eigenvalue weighted by atomic mass is 32.1. The van der Waals surface area contributed by atoms with Gasteiger partial charge in [-0.15, -0.1) is 11.3 Å². The third-order valence-corrected chi connectivity index (χ3v) is 5.81. The topological polar surface area (TPSA) is 45.2 Å². The molecule has 0 radical (unpaired) electrons. The summed E-state index contributed by atoms with van der Waals surface area (Å²) in [6.45, 7) is 8.82. The minimum absolute atomic E-state index is 0.104. The van der Waals surface area contributed by atoms with E-state index in [1.165, 1.54) is 23.5 Å². The number of aromatic nitrogens is 1. The van der Waals surface area contributed by atoms with Crippen LogP contribution < -0.4 is 5.32 Å². The number of nitrogens with one attached hydrogen (secondary N) is 1. The van der Waals surface area contributed by atoms with Gasteiger partial charge in [0.05, 0.1) is 10.7 Å². The van der Waals surface area contributed by atoms with Crippen molar-refractivity contribution in [1.82, 2.24) is 15.2 Å². The van der Waals surface area contributed by atoms with Crippen LogP contribution in [0.15, 0.2) is 5.38 Å². The van der Waals surface area contributed by atoms with Gasteiger partial charge in [0, 0.05) is 42.9 Å². The van der Waals surface area contributed by atoms with Crippen LogP contribution in [0.5, 0.6) is 0 Å². The largest absolute Gasteiger partial charge is 0.342 e. The maximum absolute atomic E-state index is 12.1. The molecule has 0 spiro atoms. The SMILES string of the molecule is CC(C)C(=O)N1CC[C@@H](NCc2csc(C3CC3)n2)[C@H](C)C1. The van der Waals surface area contributed by atoms with Crippen molar-refractivity contribution in [3.05, 3.63) is 16.1 Å². The maximum Gasteiger partial charge on any atom is 0.225 e. The fourth-order valence-electron chi connectivity index (χ4n) is 3.17. The zero-order valence-corrected chi connectivity index (χ0v) is 14.7. The van der Waals surface area contributed by atoms with Crippen molar-refractivity contribution in [3.63, 3.8) is 0 Å². The fourth-order valence-corrected chi connectivity index (χ4v) is 4.16. The Morgan fingerprint density at radius 2 is 2.23 bits per heavy atom. The van der Waals surface area contributed by atoms with E-state index in [0.29, 0.717) is 17.9 Å². The van der Waals surface area contributed by atoms with Crippen LogP contribution in [-0.4, -0.2) is 34.9 Å². The Kier molecular flexibility index (Phi) is 4.83. The van der Waals surface area contributed by atoms with Gasteiger partial charge >= 0.3 is 0 Å². The molecule has 2 fully saturated rings. The Morgan fingerprint density at radius 1 is 1.45 bits per heavy atom. The number of hydrogen-bond donors (Lipinski definition) is 1. The first kappa shape index (κ1) is 15.9. The van der Waals surface area contributed by atoms with E-state index in [9.17, 15) is 4.79 Å². The molecular formula is C17H27N3OS. The number of carbonyl (C=O) groups excluding carboxylic acids is 1. The van der Waals surface area contributed by atoms with Crippen LogP contribution in [-0.2, 0) is 11.3 Å². The van der Waals surface area contributed by atoms with Crippen molar-refractivity contribution in [2.75, 3.05) is 13.1 Å². The number of nitrogens with zero attached hydrogens (tertiary/aromatic N) is 2. The highest BCUT2D eigenvalue weighted by Gasteiger charge is 2.30. The lowest BCUT2D eigenvalue weighted by atomic mass is 9.93. The predicted molar refractivity (Wildman–Crippen MR) is 89.9 cm³/mol. The van der Waals surface area contributed by atoms with Crippen LogP contribution >= 0.6 is 11.3 Å². The summed E-state index contributed by atoms with van der Waals surface area (Å²) in [5.41, 5.74) is 1.18. The van der Waals surface area contributed by atoms with Gasteiger partial charge in [0.2, 0.25) is 5.91 Å². The molecule has 0 aromatic carbocycles. The van der Waals surface area contributed by atoms with Crippen LogP contribution in [0.2, 0.25) is 0 Å². The summed E-state index contributed by atoms with van der Waals surface area (Å²) < 4.78 is 0. The lowest BCUT2D eigenvalue weighted by molar-refractivity contribution is -0.136. The van der Waals surface area contributed by atoms with E-state index < -0.39 is 0 Å². The van der Waals surface area contributed by atoms with E-state index in [-0.39, 0.29) is 5.92 Å². The smallest absolute Gasteiger partial charge is 0.225 e. The van der Waals surface area contributed by atoms with E-state index in [1.807, 2.05) is 30.1 Å². The van der Waals surface area contributed by atoms with E-state index >= 15 is 0 Å². The van der Waals surface area contributed by atoms with E-state index in [2.05, 4.69) is 17.6 Å².